The van der Waals surface area contributed by atoms with Crippen molar-refractivity contribution in [2.75, 3.05) is 6.61 Å². The molecule has 0 bridgehead atoms. The van der Waals surface area contributed by atoms with Crippen LogP contribution in [0.3, 0.4) is 0 Å². The Morgan fingerprint density at radius 3 is 2.58 bits per heavy atom. The predicted octanol–water partition coefficient (Wildman–Crippen LogP) is 1.51. The summed E-state index contributed by atoms with van der Waals surface area (Å²) in [6, 6.07) is 5.31. The van der Waals surface area contributed by atoms with E-state index in [1.165, 1.54) is 24.3 Å². The molecule has 0 aliphatic rings. The Morgan fingerprint density at radius 2 is 2.05 bits per heavy atom. The van der Waals surface area contributed by atoms with Crippen LogP contribution in [0.25, 0.3) is 0 Å². The zero-order valence-electron chi connectivity index (χ0n) is 10.0. The molecular formula is C10H11N5O4. The van der Waals surface area contributed by atoms with Crippen molar-refractivity contribution in [3.05, 3.63) is 34.4 Å². The lowest BCUT2D eigenvalue weighted by Gasteiger charge is -1.97. The zero-order chi connectivity index (χ0) is 14.3. The Kier molecular flexibility index (Phi) is 5.08. The molecule has 9 heteroatoms. The number of amidine groups is 1. The van der Waals surface area contributed by atoms with Crippen molar-refractivity contribution < 1.29 is 14.5 Å². The summed E-state index contributed by atoms with van der Waals surface area (Å²) in [5, 5.41) is 20.7. The Bertz CT molecular complexity index is 523. The van der Waals surface area contributed by atoms with Gasteiger partial charge in [0.1, 0.15) is 0 Å². The molecule has 0 atom stereocenters. The van der Waals surface area contributed by atoms with Crippen molar-refractivity contribution in [3.8, 4) is 0 Å². The lowest BCUT2D eigenvalue weighted by molar-refractivity contribution is -0.384. The number of nitrogens with two attached hydrogens (primary N) is 1. The minimum absolute atomic E-state index is 0.0616. The highest BCUT2D eigenvalue weighted by molar-refractivity contribution is 6.34. The summed E-state index contributed by atoms with van der Waals surface area (Å²) in [5.41, 5.74) is 5.54. The number of carbonyl (C=O) groups excluding carboxylic acids is 1. The number of carbonyl (C=O) groups is 1. The van der Waals surface area contributed by atoms with E-state index in [2.05, 4.69) is 20.2 Å². The SMILES string of the molecule is CCOC(=O)/C(N)=N/N=Nc1ccc([N+](=O)[O-])cc1. The summed E-state index contributed by atoms with van der Waals surface area (Å²) in [6.07, 6.45) is 0. The Balaban J connectivity index is 2.69. The summed E-state index contributed by atoms with van der Waals surface area (Å²) in [6.45, 7) is 1.80. The first-order chi connectivity index (χ1) is 9.04. The van der Waals surface area contributed by atoms with Gasteiger partial charge in [-0.3, -0.25) is 10.1 Å². The number of esters is 1. The maximum Gasteiger partial charge on any atom is 0.375 e. The van der Waals surface area contributed by atoms with Crippen molar-refractivity contribution in [3.63, 3.8) is 0 Å². The van der Waals surface area contributed by atoms with Gasteiger partial charge in [-0.2, -0.15) is 0 Å². The highest BCUT2D eigenvalue weighted by Crippen LogP contribution is 2.17. The van der Waals surface area contributed by atoms with Crippen LogP contribution >= 0.6 is 0 Å². The van der Waals surface area contributed by atoms with Gasteiger partial charge in [0.2, 0.25) is 5.84 Å². The quantitative estimate of drug-likeness (QED) is 0.220. The molecule has 0 aliphatic carbocycles. The molecular weight excluding hydrogens is 254 g/mol. The van der Waals surface area contributed by atoms with E-state index in [4.69, 9.17) is 5.73 Å². The fourth-order valence-electron chi connectivity index (χ4n) is 1.01. The Morgan fingerprint density at radius 1 is 1.42 bits per heavy atom. The average Bonchev–Trinajstić information content (AvgIpc) is 2.39. The van der Waals surface area contributed by atoms with Crippen LogP contribution in [0.1, 0.15) is 6.92 Å². The summed E-state index contributed by atoms with van der Waals surface area (Å²) in [7, 11) is 0. The van der Waals surface area contributed by atoms with E-state index in [1.807, 2.05) is 0 Å². The van der Waals surface area contributed by atoms with Crippen LogP contribution < -0.4 is 5.73 Å². The molecule has 0 aromatic heterocycles. The van der Waals surface area contributed by atoms with Crippen LogP contribution in [0.4, 0.5) is 11.4 Å². The fraction of sp³-hybridized carbons (Fsp3) is 0.200. The molecule has 0 unspecified atom stereocenters. The predicted molar refractivity (Wildman–Crippen MR) is 65.9 cm³/mol. The van der Waals surface area contributed by atoms with Gasteiger partial charge in [0.15, 0.2) is 0 Å². The lowest BCUT2D eigenvalue weighted by atomic mass is 10.3. The van der Waals surface area contributed by atoms with E-state index in [0.717, 1.165) is 0 Å². The second kappa shape index (κ2) is 6.79. The van der Waals surface area contributed by atoms with Crippen molar-refractivity contribution >= 4 is 23.2 Å². The molecule has 100 valence electrons. The molecule has 0 heterocycles. The molecule has 0 saturated carbocycles. The number of nitro groups is 1. The molecule has 2 N–H and O–H groups in total. The number of hydrogen-bond donors (Lipinski definition) is 1. The maximum atomic E-state index is 11.1. The van der Waals surface area contributed by atoms with Gasteiger partial charge in [0.05, 0.1) is 17.2 Å². The average molecular weight is 265 g/mol. The molecule has 0 aliphatic heterocycles. The normalized spacial score (nSPS) is 11.5. The maximum absolute atomic E-state index is 11.1. The molecule has 19 heavy (non-hydrogen) atoms. The van der Waals surface area contributed by atoms with Gasteiger partial charge < -0.3 is 10.5 Å². The lowest BCUT2D eigenvalue weighted by Crippen LogP contribution is -2.25. The largest absolute Gasteiger partial charge is 0.460 e. The van der Waals surface area contributed by atoms with Crippen LogP contribution in [0.2, 0.25) is 0 Å². The van der Waals surface area contributed by atoms with Gasteiger partial charge in [0, 0.05) is 12.1 Å². The van der Waals surface area contributed by atoms with Gasteiger partial charge >= 0.3 is 5.97 Å². The third kappa shape index (κ3) is 4.50. The third-order valence-electron chi connectivity index (χ3n) is 1.86. The number of ether oxygens (including phenoxy) is 1. The van der Waals surface area contributed by atoms with Crippen LogP contribution in [0.15, 0.2) is 39.7 Å². The molecule has 0 amide bonds. The van der Waals surface area contributed by atoms with Crippen molar-refractivity contribution in [1.29, 1.82) is 0 Å². The monoisotopic (exact) mass is 265 g/mol. The van der Waals surface area contributed by atoms with Gasteiger partial charge in [0.25, 0.3) is 5.69 Å². The summed E-state index contributed by atoms with van der Waals surface area (Å²) in [5.74, 6) is -1.21. The minimum Gasteiger partial charge on any atom is -0.460 e. The number of nitro benzene ring substituents is 1. The van der Waals surface area contributed by atoms with E-state index >= 15 is 0 Å². The van der Waals surface area contributed by atoms with Crippen LogP contribution in [0.5, 0.6) is 0 Å². The van der Waals surface area contributed by atoms with Gasteiger partial charge in [-0.25, -0.2) is 4.79 Å². The number of non-ortho nitro benzene ring substituents is 1. The second-order valence-electron chi connectivity index (χ2n) is 3.17. The Hall–Kier alpha value is -2.84. The Labute approximate surface area is 107 Å². The first kappa shape index (κ1) is 14.2. The zero-order valence-corrected chi connectivity index (χ0v) is 10.0. The van der Waals surface area contributed by atoms with E-state index in [-0.39, 0.29) is 12.3 Å². The number of benzene rings is 1. The van der Waals surface area contributed by atoms with Crippen molar-refractivity contribution in [2.45, 2.75) is 6.92 Å². The highest BCUT2D eigenvalue weighted by Gasteiger charge is 2.06. The summed E-state index contributed by atoms with van der Waals surface area (Å²) >= 11 is 0. The molecule has 0 fully saturated rings. The first-order valence-electron chi connectivity index (χ1n) is 5.20. The van der Waals surface area contributed by atoms with E-state index in [1.54, 1.807) is 6.92 Å². The third-order valence-corrected chi connectivity index (χ3v) is 1.86. The molecule has 0 saturated heterocycles. The summed E-state index contributed by atoms with van der Waals surface area (Å²) < 4.78 is 4.58. The highest BCUT2D eigenvalue weighted by atomic mass is 16.6. The van der Waals surface area contributed by atoms with Crippen molar-refractivity contribution in [1.82, 2.24) is 0 Å². The molecule has 1 aromatic rings. The van der Waals surface area contributed by atoms with E-state index < -0.39 is 16.7 Å². The van der Waals surface area contributed by atoms with Crippen LogP contribution in [-0.4, -0.2) is 23.3 Å². The van der Waals surface area contributed by atoms with Crippen molar-refractivity contribution in [2.24, 2.45) is 21.2 Å². The molecule has 1 aromatic carbocycles. The smallest absolute Gasteiger partial charge is 0.375 e. The topological polar surface area (TPSA) is 133 Å². The molecule has 0 spiro atoms. The standard InChI is InChI=1S/C10H11N5O4/c1-2-19-10(16)9(11)13-14-12-7-3-5-8(6-4-7)15(17)18/h3-6H,2H2,1H3,(H2,11,12,13). The van der Waals surface area contributed by atoms with Crippen LogP contribution in [-0.2, 0) is 9.53 Å². The molecule has 0 radical (unpaired) electrons. The second-order valence-corrected chi connectivity index (χ2v) is 3.17. The van der Waals surface area contributed by atoms with Gasteiger partial charge in [-0.15, -0.1) is 10.2 Å². The fourth-order valence-corrected chi connectivity index (χ4v) is 1.01. The molecule has 1 rings (SSSR count). The van der Waals surface area contributed by atoms with E-state index in [0.29, 0.717) is 5.69 Å². The van der Waals surface area contributed by atoms with Crippen LogP contribution in [0, 0.1) is 10.1 Å². The molecule has 9 nitrogen and oxygen atoms in total. The van der Waals surface area contributed by atoms with Gasteiger partial charge in [-0.1, -0.05) is 0 Å². The number of hydrogen-bond acceptors (Lipinski definition) is 6. The summed E-state index contributed by atoms with van der Waals surface area (Å²) in [4.78, 5) is 20.9. The van der Waals surface area contributed by atoms with E-state index in [9.17, 15) is 14.9 Å². The van der Waals surface area contributed by atoms with Gasteiger partial charge in [-0.05, 0) is 24.3 Å². The first-order valence-corrected chi connectivity index (χ1v) is 5.20. The minimum atomic E-state index is -0.787. The number of nitrogens with zero attached hydrogens (tertiary/aromatic N) is 4. The number of rotatable bonds is 4.